The zero-order valence-electron chi connectivity index (χ0n) is 11.5. The summed E-state index contributed by atoms with van der Waals surface area (Å²) >= 11 is 0. The molecule has 0 radical (unpaired) electrons. The van der Waals surface area contributed by atoms with Crippen LogP contribution in [0.4, 0.5) is 5.82 Å². The van der Waals surface area contributed by atoms with Gasteiger partial charge >= 0.3 is 5.97 Å². The van der Waals surface area contributed by atoms with Crippen molar-refractivity contribution >= 4 is 11.8 Å². The first kappa shape index (κ1) is 14.1. The number of pyridine rings is 1. The van der Waals surface area contributed by atoms with E-state index in [0.29, 0.717) is 18.8 Å². The van der Waals surface area contributed by atoms with Gasteiger partial charge in [-0.05, 0) is 24.6 Å². The largest absolute Gasteiger partial charge is 0.464 e. The molecule has 1 N–H and O–H groups in total. The summed E-state index contributed by atoms with van der Waals surface area (Å²) in [5.41, 5.74) is 1.08. The lowest BCUT2D eigenvalue weighted by Crippen LogP contribution is -2.33. The highest BCUT2D eigenvalue weighted by atomic mass is 16.5. The van der Waals surface area contributed by atoms with E-state index in [1.165, 1.54) is 0 Å². The molecule has 1 atom stereocenters. The highest BCUT2D eigenvalue weighted by Gasteiger charge is 2.20. The minimum atomic E-state index is -0.438. The van der Waals surface area contributed by atoms with Crippen molar-refractivity contribution in [2.24, 2.45) is 0 Å². The first-order chi connectivity index (χ1) is 9.79. The van der Waals surface area contributed by atoms with Gasteiger partial charge in [0.2, 0.25) is 0 Å². The minimum absolute atomic E-state index is 0.262. The Bertz CT molecular complexity index is 487. The second-order valence-corrected chi connectivity index (χ2v) is 4.35. The van der Waals surface area contributed by atoms with Crippen LogP contribution >= 0.6 is 0 Å². The summed E-state index contributed by atoms with van der Waals surface area (Å²) < 4.78 is 5.12. The fourth-order valence-corrected chi connectivity index (χ4v) is 1.91. The Morgan fingerprint density at radius 2 is 1.95 bits per heavy atom. The quantitative estimate of drug-likeness (QED) is 0.820. The van der Waals surface area contributed by atoms with Crippen LogP contribution in [0.25, 0.3) is 0 Å². The maximum atomic E-state index is 12.0. The summed E-state index contributed by atoms with van der Waals surface area (Å²) in [5, 5.41) is 3.13. The predicted octanol–water partition coefficient (Wildman–Crippen LogP) is 2.67. The van der Waals surface area contributed by atoms with Crippen LogP contribution in [0.3, 0.4) is 0 Å². The Morgan fingerprint density at radius 3 is 2.60 bits per heavy atom. The van der Waals surface area contributed by atoms with E-state index in [4.69, 9.17) is 4.74 Å². The summed E-state index contributed by atoms with van der Waals surface area (Å²) in [6, 6.07) is 15.0. The van der Waals surface area contributed by atoms with Gasteiger partial charge in [0.1, 0.15) is 11.9 Å². The van der Waals surface area contributed by atoms with E-state index in [2.05, 4.69) is 10.3 Å². The van der Waals surface area contributed by atoms with E-state index < -0.39 is 6.04 Å². The van der Waals surface area contributed by atoms with Crippen molar-refractivity contribution in [3.05, 3.63) is 60.3 Å². The van der Waals surface area contributed by atoms with Crippen molar-refractivity contribution in [2.75, 3.05) is 11.9 Å². The van der Waals surface area contributed by atoms with Gasteiger partial charge in [0.05, 0.1) is 6.61 Å². The fourth-order valence-electron chi connectivity index (χ4n) is 1.91. The van der Waals surface area contributed by atoms with E-state index in [-0.39, 0.29) is 5.97 Å². The molecule has 0 aliphatic heterocycles. The number of nitrogens with one attached hydrogen (secondary N) is 1. The molecule has 0 saturated heterocycles. The monoisotopic (exact) mass is 270 g/mol. The van der Waals surface area contributed by atoms with Crippen molar-refractivity contribution in [3.8, 4) is 0 Å². The third-order valence-corrected chi connectivity index (χ3v) is 2.84. The highest BCUT2D eigenvalue weighted by molar-refractivity contribution is 5.79. The number of hydrogen-bond donors (Lipinski definition) is 1. The minimum Gasteiger partial charge on any atom is -0.464 e. The van der Waals surface area contributed by atoms with Crippen LogP contribution in [0, 0.1) is 0 Å². The molecule has 1 aromatic carbocycles. The molecule has 1 heterocycles. The van der Waals surface area contributed by atoms with Crippen molar-refractivity contribution in [1.82, 2.24) is 4.98 Å². The van der Waals surface area contributed by atoms with Crippen LogP contribution in [-0.2, 0) is 16.0 Å². The number of carbonyl (C=O) groups is 1. The molecule has 0 fully saturated rings. The lowest BCUT2D eigenvalue weighted by Gasteiger charge is -2.17. The SMILES string of the molecule is CCOC(=O)[C@@H](Cc1ccccc1)Nc1ccccn1. The van der Waals surface area contributed by atoms with Gasteiger partial charge < -0.3 is 10.1 Å². The average molecular weight is 270 g/mol. The molecule has 104 valence electrons. The second-order valence-electron chi connectivity index (χ2n) is 4.35. The van der Waals surface area contributed by atoms with E-state index in [1.807, 2.05) is 48.5 Å². The van der Waals surface area contributed by atoms with E-state index in [1.54, 1.807) is 13.1 Å². The highest BCUT2D eigenvalue weighted by Crippen LogP contribution is 2.10. The van der Waals surface area contributed by atoms with E-state index in [0.717, 1.165) is 5.56 Å². The Labute approximate surface area is 118 Å². The van der Waals surface area contributed by atoms with Crippen LogP contribution in [0.5, 0.6) is 0 Å². The number of aromatic nitrogens is 1. The maximum Gasteiger partial charge on any atom is 0.328 e. The number of anilines is 1. The number of carbonyl (C=O) groups excluding carboxylic acids is 1. The molecular formula is C16H18N2O2. The summed E-state index contributed by atoms with van der Waals surface area (Å²) in [5.74, 6) is 0.406. The Hall–Kier alpha value is -2.36. The van der Waals surface area contributed by atoms with Crippen LogP contribution in [0.1, 0.15) is 12.5 Å². The van der Waals surface area contributed by atoms with Gasteiger partial charge in [-0.15, -0.1) is 0 Å². The fraction of sp³-hybridized carbons (Fsp3) is 0.250. The number of rotatable bonds is 6. The number of nitrogens with zero attached hydrogens (tertiary/aromatic N) is 1. The van der Waals surface area contributed by atoms with Gasteiger partial charge in [0, 0.05) is 12.6 Å². The van der Waals surface area contributed by atoms with Gasteiger partial charge in [-0.1, -0.05) is 36.4 Å². The van der Waals surface area contributed by atoms with Crippen LogP contribution in [0.15, 0.2) is 54.7 Å². The Morgan fingerprint density at radius 1 is 1.20 bits per heavy atom. The molecule has 20 heavy (non-hydrogen) atoms. The molecule has 2 aromatic rings. The maximum absolute atomic E-state index is 12.0. The van der Waals surface area contributed by atoms with Gasteiger partial charge in [0.15, 0.2) is 0 Å². The molecule has 4 heteroatoms. The van der Waals surface area contributed by atoms with Crippen LogP contribution in [0.2, 0.25) is 0 Å². The van der Waals surface area contributed by atoms with E-state index >= 15 is 0 Å². The Kier molecular flexibility index (Phi) is 5.12. The molecule has 0 spiro atoms. The smallest absolute Gasteiger partial charge is 0.328 e. The molecule has 0 saturated carbocycles. The molecule has 4 nitrogen and oxygen atoms in total. The van der Waals surface area contributed by atoms with E-state index in [9.17, 15) is 4.79 Å². The Balaban J connectivity index is 2.10. The molecule has 0 amide bonds. The van der Waals surface area contributed by atoms with Crippen molar-refractivity contribution in [2.45, 2.75) is 19.4 Å². The number of ether oxygens (including phenoxy) is 1. The van der Waals surface area contributed by atoms with Crippen molar-refractivity contribution < 1.29 is 9.53 Å². The average Bonchev–Trinajstić information content (AvgIpc) is 2.49. The molecular weight excluding hydrogens is 252 g/mol. The third kappa shape index (κ3) is 4.09. The van der Waals surface area contributed by atoms with Crippen LogP contribution in [-0.4, -0.2) is 23.6 Å². The summed E-state index contributed by atoms with van der Waals surface area (Å²) in [7, 11) is 0. The molecule has 2 rings (SSSR count). The number of hydrogen-bond acceptors (Lipinski definition) is 4. The first-order valence-electron chi connectivity index (χ1n) is 6.67. The molecule has 0 bridgehead atoms. The topological polar surface area (TPSA) is 51.2 Å². The molecule has 0 aliphatic carbocycles. The zero-order valence-corrected chi connectivity index (χ0v) is 11.5. The van der Waals surface area contributed by atoms with Crippen molar-refractivity contribution in [3.63, 3.8) is 0 Å². The van der Waals surface area contributed by atoms with Crippen LogP contribution < -0.4 is 5.32 Å². The zero-order chi connectivity index (χ0) is 14.2. The lowest BCUT2D eigenvalue weighted by molar-refractivity contribution is -0.144. The number of benzene rings is 1. The van der Waals surface area contributed by atoms with Gasteiger partial charge in [-0.2, -0.15) is 0 Å². The second kappa shape index (κ2) is 7.28. The third-order valence-electron chi connectivity index (χ3n) is 2.84. The summed E-state index contributed by atoms with van der Waals surface area (Å²) in [6.07, 6.45) is 2.25. The lowest BCUT2D eigenvalue weighted by atomic mass is 10.1. The molecule has 1 aromatic heterocycles. The summed E-state index contributed by atoms with van der Waals surface area (Å²) in [4.78, 5) is 16.2. The number of esters is 1. The molecule has 0 unspecified atom stereocenters. The first-order valence-corrected chi connectivity index (χ1v) is 6.67. The van der Waals surface area contributed by atoms with Gasteiger partial charge in [-0.25, -0.2) is 9.78 Å². The predicted molar refractivity (Wildman–Crippen MR) is 78.4 cm³/mol. The normalized spacial score (nSPS) is 11.7. The van der Waals surface area contributed by atoms with Gasteiger partial charge in [-0.3, -0.25) is 0 Å². The standard InChI is InChI=1S/C16H18N2O2/c1-2-20-16(19)14(12-13-8-4-3-5-9-13)18-15-10-6-7-11-17-15/h3-11,14H,2,12H2,1H3,(H,17,18)/t14-/m1/s1. The van der Waals surface area contributed by atoms with Gasteiger partial charge in [0.25, 0.3) is 0 Å². The molecule has 0 aliphatic rings. The summed E-state index contributed by atoms with van der Waals surface area (Å²) in [6.45, 7) is 2.17. The van der Waals surface area contributed by atoms with Crippen molar-refractivity contribution in [1.29, 1.82) is 0 Å².